The predicted octanol–water partition coefficient (Wildman–Crippen LogP) is 3.76. The lowest BCUT2D eigenvalue weighted by Crippen LogP contribution is -1.98. The molecule has 1 atom stereocenters. The van der Waals surface area contributed by atoms with E-state index in [0.717, 1.165) is 10.0 Å². The van der Waals surface area contributed by atoms with Crippen LogP contribution < -0.4 is 0 Å². The molecule has 0 amide bonds. The van der Waals surface area contributed by atoms with Gasteiger partial charge in [-0.1, -0.05) is 15.9 Å². The van der Waals surface area contributed by atoms with E-state index >= 15 is 0 Å². The van der Waals surface area contributed by atoms with E-state index < -0.39 is 0 Å². The summed E-state index contributed by atoms with van der Waals surface area (Å²) >= 11 is 9.13. The van der Waals surface area contributed by atoms with Crippen LogP contribution in [-0.2, 0) is 6.42 Å². The van der Waals surface area contributed by atoms with Crippen LogP contribution in [0.25, 0.3) is 0 Å². The second kappa shape index (κ2) is 4.24. The Labute approximate surface area is 84.9 Å². The third-order valence-electron chi connectivity index (χ3n) is 1.51. The maximum Gasteiger partial charge on any atom is 0.123 e. The molecule has 12 heavy (non-hydrogen) atoms. The maximum atomic E-state index is 12.7. The Balaban J connectivity index is 2.90. The van der Waals surface area contributed by atoms with E-state index in [-0.39, 0.29) is 11.2 Å². The minimum atomic E-state index is -0.217. The Morgan fingerprint density at radius 3 is 2.83 bits per heavy atom. The topological polar surface area (TPSA) is 0 Å². The summed E-state index contributed by atoms with van der Waals surface area (Å²) in [5.41, 5.74) is 0.914. The first kappa shape index (κ1) is 10.0. The molecule has 0 nitrogen and oxygen atoms in total. The molecule has 0 aliphatic carbocycles. The van der Waals surface area contributed by atoms with Crippen LogP contribution >= 0.6 is 27.5 Å². The van der Waals surface area contributed by atoms with Crippen LogP contribution in [0.5, 0.6) is 0 Å². The fourth-order valence-corrected chi connectivity index (χ4v) is 1.58. The molecular weight excluding hydrogens is 242 g/mol. The van der Waals surface area contributed by atoms with E-state index in [0.29, 0.717) is 6.42 Å². The zero-order chi connectivity index (χ0) is 9.14. The van der Waals surface area contributed by atoms with Gasteiger partial charge < -0.3 is 0 Å². The number of hydrogen-bond acceptors (Lipinski definition) is 0. The van der Waals surface area contributed by atoms with Crippen molar-refractivity contribution in [1.82, 2.24) is 0 Å². The van der Waals surface area contributed by atoms with Gasteiger partial charge in [0.15, 0.2) is 0 Å². The lowest BCUT2D eigenvalue weighted by Gasteiger charge is -2.05. The number of hydrogen-bond donors (Lipinski definition) is 0. The average Bonchev–Trinajstić information content (AvgIpc) is 1.96. The number of benzene rings is 1. The van der Waals surface area contributed by atoms with Gasteiger partial charge in [-0.25, -0.2) is 4.39 Å². The molecule has 1 aromatic rings. The van der Waals surface area contributed by atoms with Crippen LogP contribution in [0.3, 0.4) is 0 Å². The summed E-state index contributed by atoms with van der Waals surface area (Å²) in [5, 5.41) is 0.0306. The Hall–Kier alpha value is -0.0800. The summed E-state index contributed by atoms with van der Waals surface area (Å²) in [7, 11) is 0. The van der Waals surface area contributed by atoms with Gasteiger partial charge in [0, 0.05) is 9.85 Å². The van der Waals surface area contributed by atoms with Gasteiger partial charge in [-0.15, -0.1) is 11.6 Å². The van der Waals surface area contributed by atoms with Crippen molar-refractivity contribution in [2.24, 2.45) is 0 Å². The summed E-state index contributed by atoms with van der Waals surface area (Å²) in [6.45, 7) is 1.89. The number of rotatable bonds is 2. The van der Waals surface area contributed by atoms with Gasteiger partial charge in [0.25, 0.3) is 0 Å². The molecule has 1 unspecified atom stereocenters. The number of halogens is 3. The Morgan fingerprint density at radius 2 is 2.25 bits per heavy atom. The van der Waals surface area contributed by atoms with Crippen LogP contribution in [-0.4, -0.2) is 5.38 Å². The molecule has 0 aliphatic heterocycles. The highest BCUT2D eigenvalue weighted by atomic mass is 79.9. The first-order valence-electron chi connectivity index (χ1n) is 3.67. The first-order chi connectivity index (χ1) is 5.59. The molecular formula is C9H9BrClF. The quantitative estimate of drug-likeness (QED) is 0.702. The minimum Gasteiger partial charge on any atom is -0.207 e. The lowest BCUT2D eigenvalue weighted by molar-refractivity contribution is 0.624. The van der Waals surface area contributed by atoms with E-state index in [4.69, 9.17) is 11.6 Å². The Kier molecular flexibility index (Phi) is 3.53. The van der Waals surface area contributed by atoms with E-state index in [1.807, 2.05) is 6.92 Å². The molecule has 0 spiro atoms. The molecule has 0 aromatic heterocycles. The third kappa shape index (κ3) is 2.76. The summed E-state index contributed by atoms with van der Waals surface area (Å²) in [5.74, 6) is -0.217. The van der Waals surface area contributed by atoms with Crippen molar-refractivity contribution in [3.8, 4) is 0 Å². The van der Waals surface area contributed by atoms with Gasteiger partial charge in [0.05, 0.1) is 0 Å². The van der Waals surface area contributed by atoms with Gasteiger partial charge in [0.1, 0.15) is 5.82 Å². The largest absolute Gasteiger partial charge is 0.207 e. The van der Waals surface area contributed by atoms with Gasteiger partial charge in [-0.3, -0.25) is 0 Å². The normalized spacial score (nSPS) is 13.0. The van der Waals surface area contributed by atoms with E-state index in [9.17, 15) is 4.39 Å². The monoisotopic (exact) mass is 250 g/mol. The molecule has 0 N–H and O–H groups in total. The Bertz CT molecular complexity index is 273. The van der Waals surface area contributed by atoms with Crippen LogP contribution in [0.15, 0.2) is 22.7 Å². The fraction of sp³-hybridized carbons (Fsp3) is 0.333. The van der Waals surface area contributed by atoms with Crippen LogP contribution in [0.1, 0.15) is 12.5 Å². The van der Waals surface area contributed by atoms with Crippen LogP contribution in [0, 0.1) is 5.82 Å². The van der Waals surface area contributed by atoms with E-state index in [1.54, 1.807) is 6.07 Å². The van der Waals surface area contributed by atoms with E-state index in [1.165, 1.54) is 12.1 Å². The summed E-state index contributed by atoms with van der Waals surface area (Å²) in [6, 6.07) is 4.62. The van der Waals surface area contributed by atoms with Gasteiger partial charge >= 0.3 is 0 Å². The zero-order valence-corrected chi connectivity index (χ0v) is 8.99. The van der Waals surface area contributed by atoms with Crippen molar-refractivity contribution in [2.75, 3.05) is 0 Å². The zero-order valence-electron chi connectivity index (χ0n) is 6.65. The molecule has 0 heterocycles. The second-order valence-corrected chi connectivity index (χ2v) is 4.32. The van der Waals surface area contributed by atoms with Crippen molar-refractivity contribution in [3.05, 3.63) is 34.1 Å². The third-order valence-corrected chi connectivity index (χ3v) is 2.44. The minimum absolute atomic E-state index is 0.0306. The molecule has 0 aliphatic rings. The highest BCUT2D eigenvalue weighted by molar-refractivity contribution is 9.10. The average molecular weight is 252 g/mol. The fourth-order valence-electron chi connectivity index (χ4n) is 1.00. The van der Waals surface area contributed by atoms with Crippen molar-refractivity contribution >= 4 is 27.5 Å². The standard InChI is InChI=1S/C9H9BrClF/c1-6(11)4-7-5-8(12)2-3-9(7)10/h2-3,5-6H,4H2,1H3. The molecule has 1 aromatic carbocycles. The van der Waals surface area contributed by atoms with Gasteiger partial charge in [-0.05, 0) is 37.1 Å². The smallest absolute Gasteiger partial charge is 0.123 e. The lowest BCUT2D eigenvalue weighted by atomic mass is 10.1. The molecule has 0 fully saturated rings. The number of alkyl halides is 1. The van der Waals surface area contributed by atoms with Crippen molar-refractivity contribution in [3.63, 3.8) is 0 Å². The van der Waals surface area contributed by atoms with Crippen LogP contribution in [0.4, 0.5) is 4.39 Å². The first-order valence-corrected chi connectivity index (χ1v) is 4.90. The molecule has 3 heteroatoms. The van der Waals surface area contributed by atoms with E-state index in [2.05, 4.69) is 15.9 Å². The molecule has 0 bridgehead atoms. The van der Waals surface area contributed by atoms with Crippen molar-refractivity contribution in [1.29, 1.82) is 0 Å². The van der Waals surface area contributed by atoms with Gasteiger partial charge in [-0.2, -0.15) is 0 Å². The molecule has 66 valence electrons. The predicted molar refractivity (Wildman–Crippen MR) is 53.1 cm³/mol. The molecule has 0 saturated carbocycles. The maximum absolute atomic E-state index is 12.7. The SMILES string of the molecule is CC(Cl)Cc1cc(F)ccc1Br. The molecule has 1 rings (SSSR count). The Morgan fingerprint density at radius 1 is 1.58 bits per heavy atom. The summed E-state index contributed by atoms with van der Waals surface area (Å²) in [4.78, 5) is 0. The van der Waals surface area contributed by atoms with Gasteiger partial charge in [0.2, 0.25) is 0 Å². The second-order valence-electron chi connectivity index (χ2n) is 2.72. The highest BCUT2D eigenvalue weighted by Crippen LogP contribution is 2.20. The van der Waals surface area contributed by atoms with Crippen LogP contribution in [0.2, 0.25) is 0 Å². The van der Waals surface area contributed by atoms with Crippen molar-refractivity contribution in [2.45, 2.75) is 18.7 Å². The summed E-state index contributed by atoms with van der Waals surface area (Å²) in [6.07, 6.45) is 0.680. The molecule has 0 saturated heterocycles. The highest BCUT2D eigenvalue weighted by Gasteiger charge is 2.04. The molecule has 0 radical (unpaired) electrons. The van der Waals surface area contributed by atoms with Crippen molar-refractivity contribution < 1.29 is 4.39 Å². The summed E-state index contributed by atoms with van der Waals surface area (Å²) < 4.78 is 13.6.